The minimum atomic E-state index is -4.49. The Morgan fingerprint density at radius 2 is 2.03 bits per heavy atom. The minimum Gasteiger partial charge on any atom is -0.345 e. The molecule has 7 nitrogen and oxygen atoms in total. The van der Waals surface area contributed by atoms with Crippen molar-refractivity contribution in [3.63, 3.8) is 0 Å². The molecule has 32 heavy (non-hydrogen) atoms. The third-order valence-corrected chi connectivity index (χ3v) is 7.79. The fourth-order valence-corrected chi connectivity index (χ4v) is 6.29. The molecule has 2 aliphatic rings. The zero-order valence-electron chi connectivity index (χ0n) is 17.2. The Labute approximate surface area is 190 Å². The Morgan fingerprint density at radius 3 is 2.81 bits per heavy atom. The number of amides is 2. The molecule has 1 aliphatic carbocycles. The van der Waals surface area contributed by atoms with Gasteiger partial charge in [0.1, 0.15) is 23.2 Å². The highest BCUT2D eigenvalue weighted by Gasteiger charge is 2.36. The average molecular weight is 489 g/mol. The lowest BCUT2D eigenvalue weighted by molar-refractivity contribution is -0.144. The fourth-order valence-electron chi connectivity index (χ4n) is 4.24. The number of hydrogen-bond donors (Lipinski definition) is 2. The van der Waals surface area contributed by atoms with Gasteiger partial charge in [0.15, 0.2) is 0 Å². The fraction of sp³-hybridized carbons (Fsp3) is 0.600. The molecule has 0 spiro atoms. The van der Waals surface area contributed by atoms with E-state index in [9.17, 15) is 27.6 Å². The molecule has 0 aromatic carbocycles. The van der Waals surface area contributed by atoms with Crippen molar-refractivity contribution >= 4 is 45.1 Å². The van der Waals surface area contributed by atoms with Crippen molar-refractivity contribution in [2.45, 2.75) is 56.5 Å². The van der Waals surface area contributed by atoms with Gasteiger partial charge >= 0.3 is 6.18 Å². The average Bonchev–Trinajstić information content (AvgIpc) is 3.36. The van der Waals surface area contributed by atoms with Crippen molar-refractivity contribution < 1.29 is 22.8 Å². The van der Waals surface area contributed by atoms with Crippen LogP contribution in [0.3, 0.4) is 0 Å². The van der Waals surface area contributed by atoms with E-state index in [4.69, 9.17) is 0 Å². The summed E-state index contributed by atoms with van der Waals surface area (Å²) in [5.74, 6) is -0.241. The molecule has 1 aliphatic heterocycles. The number of rotatable bonds is 6. The number of thioether (sulfide) groups is 1. The van der Waals surface area contributed by atoms with E-state index in [1.807, 2.05) is 5.32 Å². The molecule has 4 rings (SSSR count). The third kappa shape index (κ3) is 5.11. The van der Waals surface area contributed by atoms with Gasteiger partial charge in [0.25, 0.3) is 5.56 Å². The Morgan fingerprint density at radius 1 is 1.25 bits per heavy atom. The van der Waals surface area contributed by atoms with Crippen LogP contribution >= 0.6 is 23.1 Å². The van der Waals surface area contributed by atoms with Crippen LogP contribution in [-0.4, -0.2) is 57.7 Å². The molecule has 174 valence electrons. The molecule has 2 aromatic heterocycles. The summed E-state index contributed by atoms with van der Waals surface area (Å²) in [5.41, 5.74) is 0.959. The quantitative estimate of drug-likeness (QED) is 0.652. The van der Waals surface area contributed by atoms with E-state index in [2.05, 4.69) is 9.97 Å². The highest BCUT2D eigenvalue weighted by molar-refractivity contribution is 7.99. The normalized spacial score (nSPS) is 18.7. The maximum atomic E-state index is 12.6. The molecule has 2 N–H and O–H groups in total. The van der Waals surface area contributed by atoms with Gasteiger partial charge in [-0.3, -0.25) is 14.4 Å². The monoisotopic (exact) mass is 488 g/mol. The molecule has 1 unspecified atom stereocenters. The zero-order valence-corrected chi connectivity index (χ0v) is 18.9. The molecule has 2 amide bonds. The Balaban J connectivity index is 1.35. The molecule has 0 saturated carbocycles. The lowest BCUT2D eigenvalue weighted by Gasteiger charge is -2.24. The van der Waals surface area contributed by atoms with Crippen LogP contribution in [0.2, 0.25) is 0 Å². The topological polar surface area (TPSA) is 95.2 Å². The lowest BCUT2D eigenvalue weighted by atomic mass is 9.97. The first-order valence-electron chi connectivity index (χ1n) is 10.5. The summed E-state index contributed by atoms with van der Waals surface area (Å²) >= 11 is 2.81. The van der Waals surface area contributed by atoms with Gasteiger partial charge in [0.2, 0.25) is 11.8 Å². The van der Waals surface area contributed by atoms with Gasteiger partial charge in [-0.15, -0.1) is 23.1 Å². The summed E-state index contributed by atoms with van der Waals surface area (Å²) < 4.78 is 37.1. The first-order valence-corrected chi connectivity index (χ1v) is 12.4. The van der Waals surface area contributed by atoms with E-state index in [0.29, 0.717) is 36.3 Å². The molecular formula is C20H23F3N4O3S2. The molecular weight excluding hydrogens is 465 g/mol. The standard InChI is InChI=1S/C20H23F3N4O3S2/c21-20(22,23)10-24-17(29)12-5-3-7-27(12)15(28)9-31-8-14-25-18(30)16-11-4-1-2-6-13(11)32-19(16)26-14/h12H,1-10H2,(H,24,29)(H,25,26,30). The number of aromatic nitrogens is 2. The number of fused-ring (bicyclic) bond motifs is 3. The van der Waals surface area contributed by atoms with Crippen molar-refractivity contribution in [3.05, 3.63) is 26.6 Å². The maximum Gasteiger partial charge on any atom is 0.405 e. The maximum absolute atomic E-state index is 12.6. The number of thiophene rings is 1. The van der Waals surface area contributed by atoms with Gasteiger partial charge < -0.3 is 15.2 Å². The number of nitrogens with zero attached hydrogens (tertiary/aromatic N) is 2. The van der Waals surface area contributed by atoms with E-state index in [1.54, 1.807) is 11.3 Å². The van der Waals surface area contributed by atoms with Gasteiger partial charge in [-0.2, -0.15) is 13.2 Å². The molecule has 12 heteroatoms. The Kier molecular flexibility index (Phi) is 6.80. The van der Waals surface area contributed by atoms with Crippen molar-refractivity contribution in [1.29, 1.82) is 0 Å². The summed E-state index contributed by atoms with van der Waals surface area (Å²) in [6.07, 6.45) is 0.478. The predicted octanol–water partition coefficient (Wildman–Crippen LogP) is 2.77. The Hall–Kier alpha value is -2.08. The summed E-state index contributed by atoms with van der Waals surface area (Å²) in [7, 11) is 0. The number of halogens is 3. The van der Waals surface area contributed by atoms with Gasteiger partial charge in [-0.25, -0.2) is 4.98 Å². The second-order valence-corrected chi connectivity index (χ2v) is 10.0. The second kappa shape index (κ2) is 9.42. The second-order valence-electron chi connectivity index (χ2n) is 7.97. The van der Waals surface area contributed by atoms with E-state index in [0.717, 1.165) is 36.1 Å². The smallest absolute Gasteiger partial charge is 0.345 e. The molecule has 0 radical (unpaired) electrons. The van der Waals surface area contributed by atoms with Gasteiger partial charge in [-0.1, -0.05) is 0 Å². The van der Waals surface area contributed by atoms with Crippen LogP contribution in [0.4, 0.5) is 13.2 Å². The van der Waals surface area contributed by atoms with Crippen molar-refractivity contribution in [3.8, 4) is 0 Å². The summed E-state index contributed by atoms with van der Waals surface area (Å²) in [6.45, 7) is -1.07. The number of nitrogens with one attached hydrogen (secondary N) is 2. The molecule has 1 atom stereocenters. The number of aromatic amines is 1. The Bertz CT molecular complexity index is 1080. The van der Waals surface area contributed by atoms with Crippen LogP contribution in [-0.2, 0) is 28.2 Å². The molecule has 3 heterocycles. The molecule has 0 bridgehead atoms. The van der Waals surface area contributed by atoms with E-state index >= 15 is 0 Å². The van der Waals surface area contributed by atoms with Crippen LogP contribution < -0.4 is 10.9 Å². The van der Waals surface area contributed by atoms with Crippen LogP contribution in [0.5, 0.6) is 0 Å². The van der Waals surface area contributed by atoms with E-state index in [-0.39, 0.29) is 17.2 Å². The number of carbonyl (C=O) groups is 2. The number of carbonyl (C=O) groups excluding carboxylic acids is 2. The van der Waals surface area contributed by atoms with Crippen LogP contribution in [0, 0.1) is 0 Å². The summed E-state index contributed by atoms with van der Waals surface area (Å²) in [4.78, 5) is 47.9. The van der Waals surface area contributed by atoms with Crippen molar-refractivity contribution in [2.75, 3.05) is 18.8 Å². The van der Waals surface area contributed by atoms with Crippen molar-refractivity contribution in [1.82, 2.24) is 20.2 Å². The van der Waals surface area contributed by atoms with Gasteiger partial charge in [0, 0.05) is 11.4 Å². The van der Waals surface area contributed by atoms with Crippen LogP contribution in [0.1, 0.15) is 41.9 Å². The highest BCUT2D eigenvalue weighted by atomic mass is 32.2. The van der Waals surface area contributed by atoms with Gasteiger partial charge in [-0.05, 0) is 44.1 Å². The molecule has 1 fully saturated rings. The van der Waals surface area contributed by atoms with Crippen molar-refractivity contribution in [2.24, 2.45) is 0 Å². The van der Waals surface area contributed by atoms with Crippen LogP contribution in [0.25, 0.3) is 10.2 Å². The number of aryl methyl sites for hydroxylation is 2. The number of alkyl halides is 3. The third-order valence-electron chi connectivity index (χ3n) is 5.68. The minimum absolute atomic E-state index is 0.0474. The SMILES string of the molecule is O=C(NCC(F)(F)F)C1CCCN1C(=O)CSCc1nc2sc3c(c2c(=O)[nH]1)CCCC3. The molecule has 1 saturated heterocycles. The number of hydrogen-bond acceptors (Lipinski definition) is 6. The zero-order chi connectivity index (χ0) is 22.9. The largest absolute Gasteiger partial charge is 0.405 e. The summed E-state index contributed by atoms with van der Waals surface area (Å²) in [6, 6.07) is -0.878. The highest BCUT2D eigenvalue weighted by Crippen LogP contribution is 2.33. The summed E-state index contributed by atoms with van der Waals surface area (Å²) in [5, 5.41) is 2.54. The van der Waals surface area contributed by atoms with Gasteiger partial charge in [0.05, 0.1) is 16.9 Å². The lowest BCUT2D eigenvalue weighted by Crippen LogP contribution is -2.48. The molecule has 2 aromatic rings. The van der Waals surface area contributed by atoms with Crippen LogP contribution in [0.15, 0.2) is 4.79 Å². The first-order chi connectivity index (χ1) is 15.2. The predicted molar refractivity (Wildman–Crippen MR) is 117 cm³/mol. The first kappa shape index (κ1) is 23.1. The number of likely N-dealkylation sites (tertiary alicyclic amines) is 1. The van der Waals surface area contributed by atoms with E-state index < -0.39 is 24.7 Å². The number of H-pyrrole nitrogens is 1. The van der Waals surface area contributed by atoms with E-state index in [1.165, 1.54) is 21.5 Å².